The van der Waals surface area contributed by atoms with E-state index >= 15 is 0 Å². The third-order valence-electron chi connectivity index (χ3n) is 4.72. The molecule has 0 unspecified atom stereocenters. The number of amides is 2. The van der Waals surface area contributed by atoms with E-state index in [1.165, 1.54) is 5.56 Å². The smallest absolute Gasteiger partial charge is 0.242 e. The monoisotopic (exact) mass is 428 g/mol. The Labute approximate surface area is 184 Å². The Balaban J connectivity index is 2.06. The number of thioether (sulfide) groups is 1. The predicted octanol–water partition coefficient (Wildman–Crippen LogP) is 4.43. The highest BCUT2D eigenvalue weighted by molar-refractivity contribution is 7.99. The van der Waals surface area contributed by atoms with Crippen LogP contribution in [0.25, 0.3) is 0 Å². The molecule has 0 aromatic heterocycles. The fourth-order valence-corrected chi connectivity index (χ4v) is 3.79. The Bertz CT molecular complexity index is 819. The Morgan fingerprint density at radius 3 is 2.23 bits per heavy atom. The van der Waals surface area contributed by atoms with E-state index in [0.717, 1.165) is 16.2 Å². The number of carbonyl (C=O) groups excluding carboxylic acids is 2. The number of methoxy groups -OCH3 is 1. The molecule has 2 amide bonds. The summed E-state index contributed by atoms with van der Waals surface area (Å²) in [6.07, 6.45) is 0.369. The molecule has 6 heteroatoms. The third kappa shape index (κ3) is 7.41. The largest absolute Gasteiger partial charge is 0.497 e. The minimum absolute atomic E-state index is 0.0231. The number of rotatable bonds is 10. The first-order valence-electron chi connectivity index (χ1n) is 10.2. The van der Waals surface area contributed by atoms with Gasteiger partial charge in [-0.1, -0.05) is 29.8 Å². The molecule has 0 saturated heterocycles. The van der Waals surface area contributed by atoms with Crippen LogP contribution in [0.4, 0.5) is 0 Å². The molecule has 0 spiro atoms. The van der Waals surface area contributed by atoms with Crippen molar-refractivity contribution in [2.24, 2.45) is 0 Å². The van der Waals surface area contributed by atoms with Crippen molar-refractivity contribution in [1.29, 1.82) is 0 Å². The molecule has 2 rings (SSSR count). The van der Waals surface area contributed by atoms with Crippen molar-refractivity contribution in [2.75, 3.05) is 12.9 Å². The van der Waals surface area contributed by atoms with Crippen LogP contribution in [0.1, 0.15) is 38.3 Å². The summed E-state index contributed by atoms with van der Waals surface area (Å²) in [6, 6.07) is 15.3. The molecule has 0 aliphatic rings. The standard InChI is InChI=1S/C24H32N2O3S/c1-17(2)25-24(28)19(4)26(16-20-8-10-21(29-5)11-9-20)23(27)14-15-30-22-12-6-18(3)7-13-22/h6-13,17,19H,14-16H2,1-5H3,(H,25,28)/t19-/m0/s1. The number of nitrogens with one attached hydrogen (secondary N) is 1. The molecule has 0 radical (unpaired) electrons. The van der Waals surface area contributed by atoms with Gasteiger partial charge in [0.05, 0.1) is 7.11 Å². The van der Waals surface area contributed by atoms with Crippen LogP contribution in [0.15, 0.2) is 53.4 Å². The van der Waals surface area contributed by atoms with E-state index in [1.54, 1.807) is 30.7 Å². The highest BCUT2D eigenvalue weighted by atomic mass is 32.2. The molecule has 5 nitrogen and oxygen atoms in total. The third-order valence-corrected chi connectivity index (χ3v) is 5.73. The second-order valence-electron chi connectivity index (χ2n) is 7.62. The van der Waals surface area contributed by atoms with Crippen molar-refractivity contribution in [3.63, 3.8) is 0 Å². The fourth-order valence-electron chi connectivity index (χ4n) is 2.95. The molecule has 0 aliphatic heterocycles. The summed E-state index contributed by atoms with van der Waals surface area (Å²) in [6.45, 7) is 8.05. The van der Waals surface area contributed by atoms with E-state index in [4.69, 9.17) is 4.74 Å². The quantitative estimate of drug-likeness (QED) is 0.569. The van der Waals surface area contributed by atoms with Crippen molar-refractivity contribution < 1.29 is 14.3 Å². The van der Waals surface area contributed by atoms with Gasteiger partial charge >= 0.3 is 0 Å². The highest BCUT2D eigenvalue weighted by Crippen LogP contribution is 2.21. The number of ether oxygens (including phenoxy) is 1. The van der Waals surface area contributed by atoms with Gasteiger partial charge in [-0.25, -0.2) is 0 Å². The van der Waals surface area contributed by atoms with E-state index in [0.29, 0.717) is 18.7 Å². The second-order valence-corrected chi connectivity index (χ2v) is 8.79. The molecule has 0 bridgehead atoms. The van der Waals surface area contributed by atoms with Crippen molar-refractivity contribution in [2.45, 2.75) is 57.6 Å². The first-order chi connectivity index (χ1) is 14.3. The summed E-state index contributed by atoms with van der Waals surface area (Å²) < 4.78 is 5.21. The maximum atomic E-state index is 13.1. The summed E-state index contributed by atoms with van der Waals surface area (Å²) in [5.41, 5.74) is 2.17. The number of hydrogen-bond acceptors (Lipinski definition) is 4. The number of nitrogens with zero attached hydrogens (tertiary/aromatic N) is 1. The predicted molar refractivity (Wildman–Crippen MR) is 123 cm³/mol. The van der Waals surface area contributed by atoms with Crippen LogP contribution in [-0.4, -0.2) is 41.7 Å². The van der Waals surface area contributed by atoms with E-state index in [1.807, 2.05) is 38.1 Å². The summed E-state index contributed by atoms with van der Waals surface area (Å²) in [5.74, 6) is 1.26. The SMILES string of the molecule is COc1ccc(CN(C(=O)CCSc2ccc(C)cc2)[C@@H](C)C(=O)NC(C)C)cc1. The van der Waals surface area contributed by atoms with E-state index in [2.05, 4.69) is 36.5 Å². The van der Waals surface area contributed by atoms with Gasteiger partial charge in [-0.3, -0.25) is 9.59 Å². The number of carbonyl (C=O) groups is 2. The average Bonchev–Trinajstić information content (AvgIpc) is 2.72. The molecule has 0 aliphatic carbocycles. The Morgan fingerprint density at radius 1 is 1.03 bits per heavy atom. The van der Waals surface area contributed by atoms with Gasteiger partial charge in [0.25, 0.3) is 0 Å². The molecule has 30 heavy (non-hydrogen) atoms. The van der Waals surface area contributed by atoms with Gasteiger partial charge in [0.15, 0.2) is 0 Å². The maximum absolute atomic E-state index is 13.1. The van der Waals surface area contributed by atoms with Crippen molar-refractivity contribution in [1.82, 2.24) is 10.2 Å². The summed E-state index contributed by atoms with van der Waals surface area (Å²) in [7, 11) is 1.62. The van der Waals surface area contributed by atoms with Gasteiger partial charge in [-0.2, -0.15) is 0 Å². The highest BCUT2D eigenvalue weighted by Gasteiger charge is 2.26. The van der Waals surface area contributed by atoms with Crippen molar-refractivity contribution in [3.8, 4) is 5.75 Å². The molecule has 2 aromatic carbocycles. The molecule has 0 fully saturated rings. The minimum atomic E-state index is -0.550. The lowest BCUT2D eigenvalue weighted by molar-refractivity contribution is -0.140. The summed E-state index contributed by atoms with van der Waals surface area (Å²) in [4.78, 5) is 28.4. The van der Waals surface area contributed by atoms with Gasteiger partial charge in [-0.05, 0) is 57.5 Å². The van der Waals surface area contributed by atoms with E-state index < -0.39 is 6.04 Å². The van der Waals surface area contributed by atoms with Gasteiger partial charge in [0, 0.05) is 29.7 Å². The topological polar surface area (TPSA) is 58.6 Å². The Hall–Kier alpha value is -2.47. The van der Waals surface area contributed by atoms with Gasteiger partial charge in [0.1, 0.15) is 11.8 Å². The lowest BCUT2D eigenvalue weighted by Crippen LogP contribution is -2.49. The lowest BCUT2D eigenvalue weighted by atomic mass is 10.1. The first kappa shape index (κ1) is 23.8. The van der Waals surface area contributed by atoms with Gasteiger partial charge < -0.3 is 15.0 Å². The molecular formula is C24H32N2O3S. The molecule has 0 saturated carbocycles. The van der Waals surface area contributed by atoms with Crippen LogP contribution in [0, 0.1) is 6.92 Å². The number of aryl methyl sites for hydroxylation is 1. The molecule has 1 N–H and O–H groups in total. The number of benzene rings is 2. The normalized spacial score (nSPS) is 11.8. The van der Waals surface area contributed by atoms with Crippen LogP contribution >= 0.6 is 11.8 Å². The van der Waals surface area contributed by atoms with Gasteiger partial charge in [-0.15, -0.1) is 11.8 Å². The Morgan fingerprint density at radius 2 is 1.67 bits per heavy atom. The van der Waals surface area contributed by atoms with Crippen molar-refractivity contribution in [3.05, 3.63) is 59.7 Å². The molecule has 0 heterocycles. The first-order valence-corrected chi connectivity index (χ1v) is 11.2. The lowest BCUT2D eigenvalue weighted by Gasteiger charge is -2.29. The van der Waals surface area contributed by atoms with E-state index in [9.17, 15) is 9.59 Å². The van der Waals surface area contributed by atoms with Crippen LogP contribution in [0.3, 0.4) is 0 Å². The molecule has 1 atom stereocenters. The second kappa shape index (κ2) is 11.6. The summed E-state index contributed by atoms with van der Waals surface area (Å²) in [5, 5.41) is 2.91. The van der Waals surface area contributed by atoms with Crippen LogP contribution in [0.2, 0.25) is 0 Å². The zero-order valence-electron chi connectivity index (χ0n) is 18.5. The average molecular weight is 429 g/mol. The van der Waals surface area contributed by atoms with Crippen LogP contribution < -0.4 is 10.1 Å². The number of hydrogen-bond donors (Lipinski definition) is 1. The molecule has 2 aromatic rings. The van der Waals surface area contributed by atoms with E-state index in [-0.39, 0.29) is 17.9 Å². The van der Waals surface area contributed by atoms with Crippen LogP contribution in [0.5, 0.6) is 5.75 Å². The minimum Gasteiger partial charge on any atom is -0.497 e. The zero-order valence-corrected chi connectivity index (χ0v) is 19.3. The van der Waals surface area contributed by atoms with Crippen LogP contribution in [-0.2, 0) is 16.1 Å². The fraction of sp³-hybridized carbons (Fsp3) is 0.417. The molecular weight excluding hydrogens is 396 g/mol. The van der Waals surface area contributed by atoms with Crippen molar-refractivity contribution >= 4 is 23.6 Å². The van der Waals surface area contributed by atoms with Gasteiger partial charge in [0.2, 0.25) is 11.8 Å². The molecule has 162 valence electrons. The maximum Gasteiger partial charge on any atom is 0.242 e. The zero-order chi connectivity index (χ0) is 22.1. The summed E-state index contributed by atoms with van der Waals surface area (Å²) >= 11 is 1.65. The Kier molecular flexibility index (Phi) is 9.24.